The molecule has 0 saturated heterocycles. The average molecular weight is 422 g/mol. The molecule has 30 heavy (non-hydrogen) atoms. The van der Waals surface area contributed by atoms with Crippen LogP contribution < -0.4 is 15.2 Å². The first-order chi connectivity index (χ1) is 14.7. The number of nitrogen functional groups attached to an aromatic ring is 1. The second kappa shape index (κ2) is 9.78. The van der Waals surface area contributed by atoms with E-state index in [1.807, 2.05) is 36.4 Å². The summed E-state index contributed by atoms with van der Waals surface area (Å²) < 4.78 is 11.5. The predicted molar refractivity (Wildman–Crippen MR) is 123 cm³/mol. The highest BCUT2D eigenvalue weighted by Gasteiger charge is 2.16. The number of thiazole rings is 1. The number of benzene rings is 2. The highest BCUT2D eigenvalue weighted by molar-refractivity contribution is 7.15. The molecule has 1 aliphatic heterocycles. The van der Waals surface area contributed by atoms with Gasteiger partial charge in [0.2, 0.25) is 0 Å². The van der Waals surface area contributed by atoms with Crippen LogP contribution >= 0.6 is 11.3 Å². The van der Waals surface area contributed by atoms with Gasteiger partial charge in [0.15, 0.2) is 5.13 Å². The zero-order valence-corrected chi connectivity index (χ0v) is 18.0. The first-order valence-electron chi connectivity index (χ1n) is 10.2. The maximum Gasteiger partial charge on any atom is 0.180 e. The number of aromatic nitrogens is 1. The van der Waals surface area contributed by atoms with Crippen LogP contribution in [0.15, 0.2) is 54.6 Å². The van der Waals surface area contributed by atoms with E-state index in [4.69, 9.17) is 15.2 Å². The number of methoxy groups -OCH3 is 1. The summed E-state index contributed by atoms with van der Waals surface area (Å²) in [5.74, 6) is 1.68. The molecule has 0 saturated carbocycles. The van der Waals surface area contributed by atoms with Gasteiger partial charge in [-0.3, -0.25) is 4.90 Å². The molecule has 4 rings (SSSR count). The molecule has 2 aromatic carbocycles. The third kappa shape index (κ3) is 5.20. The minimum Gasteiger partial charge on any atom is -0.496 e. The number of fused-ring (bicyclic) bond motifs is 1. The zero-order valence-electron chi connectivity index (χ0n) is 17.2. The molecule has 0 atom stereocenters. The third-order valence-corrected chi connectivity index (χ3v) is 6.21. The van der Waals surface area contributed by atoms with Gasteiger partial charge in [0.25, 0.3) is 0 Å². The van der Waals surface area contributed by atoms with Crippen molar-refractivity contribution in [1.29, 1.82) is 0 Å². The molecule has 0 amide bonds. The molecule has 2 heterocycles. The van der Waals surface area contributed by atoms with Crippen molar-refractivity contribution < 1.29 is 9.47 Å². The summed E-state index contributed by atoms with van der Waals surface area (Å²) in [7, 11) is 1.70. The van der Waals surface area contributed by atoms with E-state index in [0.29, 0.717) is 11.7 Å². The molecule has 0 fully saturated rings. The minimum absolute atomic E-state index is 0.548. The number of hydrogen-bond acceptors (Lipinski definition) is 6. The van der Waals surface area contributed by atoms with Crippen molar-refractivity contribution in [2.24, 2.45) is 0 Å². The second-order valence-electron chi connectivity index (χ2n) is 7.30. The van der Waals surface area contributed by atoms with Gasteiger partial charge in [-0.15, -0.1) is 11.3 Å². The van der Waals surface area contributed by atoms with E-state index < -0.39 is 0 Å². The maximum atomic E-state index is 5.97. The molecule has 0 radical (unpaired) electrons. The summed E-state index contributed by atoms with van der Waals surface area (Å²) in [4.78, 5) is 8.25. The second-order valence-corrected chi connectivity index (χ2v) is 8.42. The molecule has 2 N–H and O–H groups in total. The molecule has 1 aromatic heterocycles. The number of hydrogen-bond donors (Lipinski definition) is 1. The van der Waals surface area contributed by atoms with Crippen LogP contribution in [-0.2, 0) is 19.4 Å². The van der Waals surface area contributed by atoms with Gasteiger partial charge in [-0.25, -0.2) is 4.98 Å². The van der Waals surface area contributed by atoms with Crippen molar-refractivity contribution in [2.45, 2.75) is 19.4 Å². The molecule has 1 aliphatic rings. The number of anilines is 1. The third-order valence-electron chi connectivity index (χ3n) is 5.23. The maximum absolute atomic E-state index is 5.97. The summed E-state index contributed by atoms with van der Waals surface area (Å²) in [6.45, 7) is 3.46. The Bertz CT molecular complexity index is 975. The molecule has 3 aromatic rings. The van der Waals surface area contributed by atoms with E-state index in [9.17, 15) is 0 Å². The standard InChI is InChI=1S/C24H27N3O2S/c1-28-22-10-9-20(29-17-18-6-3-2-4-7-18)16-19(22)8-5-13-27-14-11-21-23(12-15-27)30-24(25)26-21/h2-10,16H,11-15,17H2,1H3,(H2,25,26). The van der Waals surface area contributed by atoms with E-state index in [1.165, 1.54) is 10.6 Å². The van der Waals surface area contributed by atoms with Crippen molar-refractivity contribution in [3.63, 3.8) is 0 Å². The average Bonchev–Trinajstić information content (AvgIpc) is 3.03. The van der Waals surface area contributed by atoms with Gasteiger partial charge in [-0.1, -0.05) is 42.5 Å². The molecule has 0 bridgehead atoms. The molecule has 0 unspecified atom stereocenters. The quantitative estimate of drug-likeness (QED) is 0.612. The summed E-state index contributed by atoms with van der Waals surface area (Å²) in [6, 6.07) is 16.1. The predicted octanol–water partition coefficient (Wildman–Crippen LogP) is 4.43. The molecule has 5 nitrogen and oxygen atoms in total. The highest BCUT2D eigenvalue weighted by atomic mass is 32.1. The highest BCUT2D eigenvalue weighted by Crippen LogP contribution is 2.27. The number of nitrogens with two attached hydrogens (primary N) is 1. The summed E-state index contributed by atoms with van der Waals surface area (Å²) >= 11 is 1.63. The summed E-state index contributed by atoms with van der Waals surface area (Å²) in [5.41, 5.74) is 9.19. The minimum atomic E-state index is 0.548. The van der Waals surface area contributed by atoms with Crippen molar-refractivity contribution in [1.82, 2.24) is 9.88 Å². The molecule has 6 heteroatoms. The van der Waals surface area contributed by atoms with Gasteiger partial charge in [-0.05, 0) is 30.2 Å². The normalized spacial score (nSPS) is 14.4. The number of rotatable bonds is 7. The largest absolute Gasteiger partial charge is 0.496 e. The van der Waals surface area contributed by atoms with Gasteiger partial charge in [0, 0.05) is 36.5 Å². The Hall–Kier alpha value is -2.83. The smallest absolute Gasteiger partial charge is 0.180 e. The van der Waals surface area contributed by atoms with Gasteiger partial charge in [0.05, 0.1) is 12.8 Å². The van der Waals surface area contributed by atoms with Gasteiger partial charge in [-0.2, -0.15) is 0 Å². The lowest BCUT2D eigenvalue weighted by molar-refractivity contribution is 0.305. The van der Waals surface area contributed by atoms with E-state index in [0.717, 1.165) is 55.1 Å². The Labute approximate surface area is 181 Å². The number of nitrogens with zero attached hydrogens (tertiary/aromatic N) is 2. The van der Waals surface area contributed by atoms with Gasteiger partial charge < -0.3 is 15.2 Å². The molecule has 0 aliphatic carbocycles. The van der Waals surface area contributed by atoms with Crippen molar-refractivity contribution >= 4 is 22.5 Å². The van der Waals surface area contributed by atoms with Crippen molar-refractivity contribution in [3.8, 4) is 11.5 Å². The van der Waals surface area contributed by atoms with Crippen LogP contribution in [-0.4, -0.2) is 36.6 Å². The van der Waals surface area contributed by atoms with E-state index in [1.54, 1.807) is 18.4 Å². The fourth-order valence-corrected chi connectivity index (χ4v) is 4.48. The van der Waals surface area contributed by atoms with E-state index >= 15 is 0 Å². The summed E-state index contributed by atoms with van der Waals surface area (Å²) in [6.07, 6.45) is 6.29. The van der Waals surface area contributed by atoms with Crippen LogP contribution in [0.3, 0.4) is 0 Å². The van der Waals surface area contributed by atoms with Crippen LogP contribution in [0, 0.1) is 0 Å². The van der Waals surface area contributed by atoms with E-state index in [-0.39, 0.29) is 0 Å². The number of ether oxygens (including phenoxy) is 2. The van der Waals surface area contributed by atoms with Gasteiger partial charge >= 0.3 is 0 Å². The zero-order chi connectivity index (χ0) is 20.8. The van der Waals surface area contributed by atoms with Crippen LogP contribution in [0.4, 0.5) is 5.13 Å². The lowest BCUT2D eigenvalue weighted by atomic mass is 10.1. The fraction of sp³-hybridized carbons (Fsp3) is 0.292. The molecule has 0 spiro atoms. The van der Waals surface area contributed by atoms with Crippen molar-refractivity contribution in [2.75, 3.05) is 32.5 Å². The van der Waals surface area contributed by atoms with Crippen LogP contribution in [0.1, 0.15) is 21.7 Å². The van der Waals surface area contributed by atoms with Gasteiger partial charge in [0.1, 0.15) is 18.1 Å². The topological polar surface area (TPSA) is 60.6 Å². The molecular weight excluding hydrogens is 394 g/mol. The van der Waals surface area contributed by atoms with Crippen LogP contribution in [0.25, 0.3) is 6.08 Å². The fourth-order valence-electron chi connectivity index (χ4n) is 3.61. The lowest BCUT2D eigenvalue weighted by Gasteiger charge is -2.17. The Balaban J connectivity index is 1.36. The SMILES string of the molecule is COc1ccc(OCc2ccccc2)cc1C=CCN1CCc2nc(N)sc2CC1. The first kappa shape index (κ1) is 20.4. The molecular formula is C24H27N3O2S. The molecule has 156 valence electrons. The Morgan fingerprint density at radius 2 is 1.97 bits per heavy atom. The monoisotopic (exact) mass is 421 g/mol. The van der Waals surface area contributed by atoms with Crippen LogP contribution in [0.2, 0.25) is 0 Å². The van der Waals surface area contributed by atoms with E-state index in [2.05, 4.69) is 34.2 Å². The lowest BCUT2D eigenvalue weighted by Crippen LogP contribution is -2.26. The Kier molecular flexibility index (Phi) is 6.67. The Morgan fingerprint density at radius 1 is 1.13 bits per heavy atom. The first-order valence-corrected chi connectivity index (χ1v) is 11.0. The van der Waals surface area contributed by atoms with Crippen molar-refractivity contribution in [3.05, 3.63) is 76.3 Å². The van der Waals surface area contributed by atoms with Crippen LogP contribution in [0.5, 0.6) is 11.5 Å². The summed E-state index contributed by atoms with van der Waals surface area (Å²) in [5, 5.41) is 0.690. The Morgan fingerprint density at radius 3 is 2.80 bits per heavy atom.